The van der Waals surface area contributed by atoms with Gasteiger partial charge in [0.05, 0.1) is 12.0 Å². The first-order valence-corrected chi connectivity index (χ1v) is 10.1. The summed E-state index contributed by atoms with van der Waals surface area (Å²) in [5, 5.41) is 0.898. The summed E-state index contributed by atoms with van der Waals surface area (Å²) in [5.41, 5.74) is 1.09. The third kappa shape index (κ3) is 3.37. The molecule has 7 heteroatoms. The molecule has 0 amide bonds. The van der Waals surface area contributed by atoms with Crippen LogP contribution in [0.3, 0.4) is 0 Å². The number of carbonyl (C=O) groups excluding carboxylic acids is 1. The number of aromatic nitrogens is 2. The van der Waals surface area contributed by atoms with Crippen LogP contribution in [0.1, 0.15) is 44.1 Å². The van der Waals surface area contributed by atoms with Crippen LogP contribution in [0.2, 0.25) is 0 Å². The molecule has 1 aliphatic rings. The maximum absolute atomic E-state index is 12.6. The van der Waals surface area contributed by atoms with Gasteiger partial charge in [-0.05, 0) is 44.1 Å². The highest BCUT2D eigenvalue weighted by molar-refractivity contribution is 8.00. The van der Waals surface area contributed by atoms with Crippen molar-refractivity contribution in [3.05, 3.63) is 20.8 Å². The molecule has 2 aromatic heterocycles. The first-order chi connectivity index (χ1) is 11.5. The van der Waals surface area contributed by atoms with Crippen LogP contribution in [-0.4, -0.2) is 27.8 Å². The summed E-state index contributed by atoms with van der Waals surface area (Å²) < 4.78 is 5.09. The SMILES string of the molecule is CCOC(=O)C(CC)Sc1nc2sc3c(c2c(=O)[nH]1)CCC(C)C3. The number of ether oxygens (including phenoxy) is 1. The summed E-state index contributed by atoms with van der Waals surface area (Å²) in [4.78, 5) is 34.1. The Morgan fingerprint density at radius 2 is 2.29 bits per heavy atom. The van der Waals surface area contributed by atoms with Crippen molar-refractivity contribution < 1.29 is 9.53 Å². The minimum atomic E-state index is -0.347. The number of aryl methyl sites for hydroxylation is 1. The van der Waals surface area contributed by atoms with Crippen molar-refractivity contribution >= 4 is 39.3 Å². The third-order valence-electron chi connectivity index (χ3n) is 4.32. The monoisotopic (exact) mass is 366 g/mol. The number of hydrogen-bond donors (Lipinski definition) is 1. The number of esters is 1. The molecule has 0 saturated heterocycles. The van der Waals surface area contributed by atoms with E-state index in [0.29, 0.717) is 24.1 Å². The molecule has 0 saturated carbocycles. The van der Waals surface area contributed by atoms with Crippen molar-refractivity contribution in [1.29, 1.82) is 0 Å². The zero-order chi connectivity index (χ0) is 17.3. The molecule has 1 N–H and O–H groups in total. The Balaban J connectivity index is 1.93. The Morgan fingerprint density at radius 3 is 3.00 bits per heavy atom. The quantitative estimate of drug-likeness (QED) is 0.498. The van der Waals surface area contributed by atoms with Gasteiger partial charge >= 0.3 is 5.97 Å². The van der Waals surface area contributed by atoms with Crippen molar-refractivity contribution in [2.45, 2.75) is 56.9 Å². The van der Waals surface area contributed by atoms with Crippen molar-refractivity contribution in [1.82, 2.24) is 9.97 Å². The summed E-state index contributed by atoms with van der Waals surface area (Å²) >= 11 is 2.90. The first-order valence-electron chi connectivity index (χ1n) is 8.41. The van der Waals surface area contributed by atoms with E-state index in [1.54, 1.807) is 18.3 Å². The summed E-state index contributed by atoms with van der Waals surface area (Å²) in [6.07, 6.45) is 3.73. The molecule has 5 nitrogen and oxygen atoms in total. The van der Waals surface area contributed by atoms with Gasteiger partial charge in [0, 0.05) is 4.88 Å². The second-order valence-corrected chi connectivity index (χ2v) is 8.44. The zero-order valence-electron chi connectivity index (χ0n) is 14.2. The lowest BCUT2D eigenvalue weighted by atomic mass is 9.89. The predicted molar refractivity (Wildman–Crippen MR) is 98.0 cm³/mol. The molecule has 24 heavy (non-hydrogen) atoms. The smallest absolute Gasteiger partial charge is 0.319 e. The molecular weight excluding hydrogens is 344 g/mol. The maximum Gasteiger partial charge on any atom is 0.319 e. The minimum absolute atomic E-state index is 0.0896. The number of aromatic amines is 1. The van der Waals surface area contributed by atoms with Crippen molar-refractivity contribution in [2.75, 3.05) is 6.61 Å². The first kappa shape index (κ1) is 17.5. The maximum atomic E-state index is 12.6. The number of nitrogens with one attached hydrogen (secondary N) is 1. The molecule has 0 radical (unpaired) electrons. The normalized spacial score (nSPS) is 18.4. The second kappa shape index (κ2) is 7.27. The van der Waals surface area contributed by atoms with Gasteiger partial charge < -0.3 is 9.72 Å². The molecular formula is C17H22N2O3S2. The highest BCUT2D eigenvalue weighted by atomic mass is 32.2. The van der Waals surface area contributed by atoms with E-state index in [2.05, 4.69) is 16.9 Å². The number of hydrogen-bond acceptors (Lipinski definition) is 6. The Bertz CT molecular complexity index is 812. The van der Waals surface area contributed by atoms with E-state index in [0.717, 1.165) is 29.5 Å². The predicted octanol–water partition coefficient (Wildman–Crippen LogP) is 3.54. The lowest BCUT2D eigenvalue weighted by Gasteiger charge is -2.17. The summed E-state index contributed by atoms with van der Waals surface area (Å²) in [5.74, 6) is 0.402. The minimum Gasteiger partial charge on any atom is -0.465 e. The van der Waals surface area contributed by atoms with Crippen LogP contribution in [0.25, 0.3) is 10.2 Å². The average Bonchev–Trinajstić information content (AvgIpc) is 2.90. The largest absolute Gasteiger partial charge is 0.465 e. The lowest BCUT2D eigenvalue weighted by molar-refractivity contribution is -0.142. The topological polar surface area (TPSA) is 72.0 Å². The summed E-state index contributed by atoms with van der Waals surface area (Å²) in [6.45, 7) is 6.32. The zero-order valence-corrected chi connectivity index (χ0v) is 15.8. The van der Waals surface area contributed by atoms with E-state index in [1.165, 1.54) is 22.2 Å². The van der Waals surface area contributed by atoms with Crippen LogP contribution in [0.4, 0.5) is 0 Å². The Labute approximate surface area is 149 Å². The van der Waals surface area contributed by atoms with Crippen molar-refractivity contribution in [2.24, 2.45) is 5.92 Å². The fraction of sp³-hybridized carbons (Fsp3) is 0.588. The van der Waals surface area contributed by atoms with Gasteiger partial charge in [-0.25, -0.2) is 4.98 Å². The Morgan fingerprint density at radius 1 is 1.50 bits per heavy atom. The molecule has 2 atom stereocenters. The van der Waals surface area contributed by atoms with Gasteiger partial charge in [-0.2, -0.15) is 0 Å². The van der Waals surface area contributed by atoms with Gasteiger partial charge in [-0.3, -0.25) is 9.59 Å². The van der Waals surface area contributed by atoms with Gasteiger partial charge in [-0.15, -0.1) is 11.3 Å². The standard InChI is InChI=1S/C17H22N2O3S2/c1-4-11(16(21)22-5-2)24-17-18-14(20)13-10-7-6-9(3)8-12(10)23-15(13)19-17/h9,11H,4-8H2,1-3H3,(H,18,19,20). The van der Waals surface area contributed by atoms with Crippen LogP contribution in [0.15, 0.2) is 9.95 Å². The molecule has 2 unspecified atom stereocenters. The van der Waals surface area contributed by atoms with Gasteiger partial charge in [0.2, 0.25) is 0 Å². The molecule has 3 rings (SSSR count). The molecule has 2 heterocycles. The van der Waals surface area contributed by atoms with Gasteiger partial charge in [-0.1, -0.05) is 25.6 Å². The highest BCUT2D eigenvalue weighted by Gasteiger charge is 2.25. The summed E-state index contributed by atoms with van der Waals surface area (Å²) in [7, 11) is 0. The number of H-pyrrole nitrogens is 1. The number of fused-ring (bicyclic) bond motifs is 3. The molecule has 0 aliphatic heterocycles. The molecule has 0 spiro atoms. The lowest BCUT2D eigenvalue weighted by Crippen LogP contribution is -2.20. The van der Waals surface area contributed by atoms with Crippen LogP contribution in [-0.2, 0) is 22.4 Å². The van der Waals surface area contributed by atoms with E-state index in [9.17, 15) is 9.59 Å². The van der Waals surface area contributed by atoms with E-state index < -0.39 is 0 Å². The third-order valence-corrected chi connectivity index (χ3v) is 6.69. The molecule has 0 bridgehead atoms. The molecule has 0 fully saturated rings. The van der Waals surface area contributed by atoms with E-state index in [-0.39, 0.29) is 16.8 Å². The van der Waals surface area contributed by atoms with Gasteiger partial charge in [0.25, 0.3) is 5.56 Å². The van der Waals surface area contributed by atoms with Crippen LogP contribution < -0.4 is 5.56 Å². The van der Waals surface area contributed by atoms with E-state index in [1.807, 2.05) is 6.92 Å². The molecule has 0 aromatic carbocycles. The van der Waals surface area contributed by atoms with Crippen molar-refractivity contribution in [3.8, 4) is 0 Å². The molecule has 2 aromatic rings. The van der Waals surface area contributed by atoms with E-state index >= 15 is 0 Å². The van der Waals surface area contributed by atoms with Gasteiger partial charge in [0.15, 0.2) is 5.16 Å². The Kier molecular flexibility index (Phi) is 5.30. The van der Waals surface area contributed by atoms with Crippen LogP contribution in [0, 0.1) is 5.92 Å². The van der Waals surface area contributed by atoms with Crippen LogP contribution >= 0.6 is 23.1 Å². The van der Waals surface area contributed by atoms with E-state index in [4.69, 9.17) is 4.74 Å². The number of thioether (sulfide) groups is 1. The van der Waals surface area contributed by atoms with Crippen LogP contribution in [0.5, 0.6) is 0 Å². The van der Waals surface area contributed by atoms with Crippen molar-refractivity contribution in [3.63, 3.8) is 0 Å². The number of rotatable bonds is 5. The molecule has 130 valence electrons. The number of thiophene rings is 1. The Hall–Kier alpha value is -1.34. The second-order valence-electron chi connectivity index (χ2n) is 6.17. The fourth-order valence-corrected chi connectivity index (χ4v) is 5.39. The fourth-order valence-electron chi connectivity index (χ4n) is 3.05. The number of carbonyl (C=O) groups is 1. The van der Waals surface area contributed by atoms with Gasteiger partial charge in [0.1, 0.15) is 10.1 Å². The average molecular weight is 367 g/mol. The highest BCUT2D eigenvalue weighted by Crippen LogP contribution is 2.36. The summed E-state index contributed by atoms with van der Waals surface area (Å²) in [6, 6.07) is 0. The molecule has 1 aliphatic carbocycles. The number of nitrogens with zero attached hydrogens (tertiary/aromatic N) is 1.